The van der Waals surface area contributed by atoms with E-state index in [1.165, 1.54) is 17.0 Å². The van der Waals surface area contributed by atoms with E-state index >= 15 is 0 Å². The van der Waals surface area contributed by atoms with Crippen molar-refractivity contribution in [3.05, 3.63) is 35.4 Å². The molecular weight excluding hydrogens is 236 g/mol. The van der Waals surface area contributed by atoms with Gasteiger partial charge in [-0.05, 0) is 12.5 Å². The Labute approximate surface area is 107 Å². The Kier molecular flexibility index (Phi) is 4.43. The number of benzene rings is 1. The Balaban J connectivity index is 2.82. The second-order valence-corrected chi connectivity index (χ2v) is 5.13. The lowest BCUT2D eigenvalue weighted by molar-refractivity contribution is -0.139. The van der Waals surface area contributed by atoms with Gasteiger partial charge < -0.3 is 4.90 Å². The van der Waals surface area contributed by atoms with Crippen molar-refractivity contribution in [2.24, 2.45) is 5.41 Å². The summed E-state index contributed by atoms with van der Waals surface area (Å²) >= 11 is 0. The van der Waals surface area contributed by atoms with E-state index in [4.69, 9.17) is 0 Å². The number of carbonyl (C=O) groups excluding carboxylic acids is 1. The minimum atomic E-state index is -0.621. The maximum absolute atomic E-state index is 13.5. The summed E-state index contributed by atoms with van der Waals surface area (Å²) in [6.07, 6.45) is 0.710. The molecule has 18 heavy (non-hydrogen) atoms. The van der Waals surface area contributed by atoms with Crippen LogP contribution in [0, 0.1) is 17.0 Å². The summed E-state index contributed by atoms with van der Waals surface area (Å²) in [6, 6.07) is 3.40. The Bertz CT molecular complexity index is 443. The van der Waals surface area contributed by atoms with Crippen molar-refractivity contribution in [2.75, 3.05) is 7.05 Å². The molecule has 1 aromatic rings. The molecule has 0 fully saturated rings. The maximum Gasteiger partial charge on any atom is 0.228 e. The number of hydrogen-bond acceptors (Lipinski definition) is 1. The lowest BCUT2D eigenvalue weighted by atomic mass is 9.88. The molecule has 0 aliphatic heterocycles. The van der Waals surface area contributed by atoms with Crippen LogP contribution in [0.4, 0.5) is 8.78 Å². The van der Waals surface area contributed by atoms with Gasteiger partial charge in [-0.2, -0.15) is 0 Å². The SMILES string of the molecule is CCC(C)(C)C(=O)N(C)Cc1ccc(F)cc1F. The number of amides is 1. The molecule has 1 rings (SSSR count). The smallest absolute Gasteiger partial charge is 0.228 e. The molecule has 0 aromatic heterocycles. The molecule has 0 N–H and O–H groups in total. The van der Waals surface area contributed by atoms with Crippen LogP contribution in [0.1, 0.15) is 32.8 Å². The first kappa shape index (κ1) is 14.6. The van der Waals surface area contributed by atoms with Gasteiger partial charge in [0.2, 0.25) is 5.91 Å². The molecule has 0 radical (unpaired) electrons. The first-order valence-corrected chi connectivity index (χ1v) is 5.97. The highest BCUT2D eigenvalue weighted by atomic mass is 19.1. The van der Waals surface area contributed by atoms with E-state index in [0.29, 0.717) is 12.0 Å². The standard InChI is InChI=1S/C14H19F2NO/c1-5-14(2,3)13(18)17(4)9-10-6-7-11(15)8-12(10)16/h6-8H,5,9H2,1-4H3. The number of carbonyl (C=O) groups is 1. The molecule has 1 aromatic carbocycles. The first-order valence-electron chi connectivity index (χ1n) is 5.97. The highest BCUT2D eigenvalue weighted by Gasteiger charge is 2.28. The molecule has 0 saturated carbocycles. The van der Waals surface area contributed by atoms with Gasteiger partial charge in [-0.15, -0.1) is 0 Å². The Hall–Kier alpha value is -1.45. The van der Waals surface area contributed by atoms with Crippen molar-refractivity contribution in [3.63, 3.8) is 0 Å². The van der Waals surface area contributed by atoms with E-state index in [0.717, 1.165) is 6.07 Å². The summed E-state index contributed by atoms with van der Waals surface area (Å²) in [4.78, 5) is 13.6. The fraction of sp³-hybridized carbons (Fsp3) is 0.500. The third kappa shape index (κ3) is 3.28. The van der Waals surface area contributed by atoms with Gasteiger partial charge in [-0.3, -0.25) is 4.79 Å². The topological polar surface area (TPSA) is 20.3 Å². The lowest BCUT2D eigenvalue weighted by Gasteiger charge is -2.28. The van der Waals surface area contributed by atoms with Crippen LogP contribution in [0.3, 0.4) is 0 Å². The molecule has 0 spiro atoms. The summed E-state index contributed by atoms with van der Waals surface area (Å²) in [7, 11) is 1.63. The highest BCUT2D eigenvalue weighted by Crippen LogP contribution is 2.23. The van der Waals surface area contributed by atoms with Crippen molar-refractivity contribution >= 4 is 5.91 Å². The third-order valence-corrected chi connectivity index (χ3v) is 3.23. The van der Waals surface area contributed by atoms with E-state index in [1.54, 1.807) is 7.05 Å². The highest BCUT2D eigenvalue weighted by molar-refractivity contribution is 5.81. The lowest BCUT2D eigenvalue weighted by Crippen LogP contribution is -2.37. The number of halogens is 2. The molecule has 1 amide bonds. The van der Waals surface area contributed by atoms with Crippen molar-refractivity contribution in [1.29, 1.82) is 0 Å². The summed E-state index contributed by atoms with van der Waals surface area (Å²) in [5.74, 6) is -1.28. The quantitative estimate of drug-likeness (QED) is 0.808. The Morgan fingerprint density at radius 2 is 1.94 bits per heavy atom. The molecule has 0 heterocycles. The summed E-state index contributed by atoms with van der Waals surface area (Å²) in [6.45, 7) is 5.79. The van der Waals surface area contributed by atoms with Crippen molar-refractivity contribution in [3.8, 4) is 0 Å². The predicted octanol–water partition coefficient (Wildman–Crippen LogP) is 3.36. The number of rotatable bonds is 4. The Morgan fingerprint density at radius 3 is 2.44 bits per heavy atom. The average Bonchev–Trinajstić information content (AvgIpc) is 2.31. The second kappa shape index (κ2) is 5.46. The van der Waals surface area contributed by atoms with E-state index in [2.05, 4.69) is 0 Å². The van der Waals surface area contributed by atoms with Crippen LogP contribution in [0.5, 0.6) is 0 Å². The molecule has 0 atom stereocenters. The largest absolute Gasteiger partial charge is 0.341 e. The van der Waals surface area contributed by atoms with Crippen molar-refractivity contribution in [1.82, 2.24) is 4.90 Å². The van der Waals surface area contributed by atoms with Gasteiger partial charge in [0.1, 0.15) is 11.6 Å². The van der Waals surface area contributed by atoms with Crippen molar-refractivity contribution < 1.29 is 13.6 Å². The zero-order chi connectivity index (χ0) is 13.9. The first-order chi connectivity index (χ1) is 8.27. The minimum Gasteiger partial charge on any atom is -0.341 e. The molecule has 0 aliphatic carbocycles. The van der Waals surface area contributed by atoms with Crippen LogP contribution in [-0.4, -0.2) is 17.9 Å². The van der Waals surface area contributed by atoms with E-state index in [9.17, 15) is 13.6 Å². The van der Waals surface area contributed by atoms with Crippen LogP contribution in [-0.2, 0) is 11.3 Å². The second-order valence-electron chi connectivity index (χ2n) is 5.13. The zero-order valence-electron chi connectivity index (χ0n) is 11.3. The van der Waals surface area contributed by atoms with Crippen LogP contribution in [0.15, 0.2) is 18.2 Å². The Morgan fingerprint density at radius 1 is 1.33 bits per heavy atom. The number of nitrogens with zero attached hydrogens (tertiary/aromatic N) is 1. The summed E-state index contributed by atoms with van der Waals surface area (Å²) in [5.41, 5.74) is -0.148. The van der Waals surface area contributed by atoms with Gasteiger partial charge in [-0.1, -0.05) is 26.8 Å². The van der Waals surface area contributed by atoms with E-state index in [1.807, 2.05) is 20.8 Å². The molecule has 0 aliphatic rings. The van der Waals surface area contributed by atoms with Crippen LogP contribution >= 0.6 is 0 Å². The molecule has 0 bridgehead atoms. The normalized spacial score (nSPS) is 11.4. The molecule has 0 saturated heterocycles. The van der Waals surface area contributed by atoms with E-state index < -0.39 is 17.0 Å². The summed E-state index contributed by atoms with van der Waals surface area (Å²) in [5, 5.41) is 0. The molecule has 4 heteroatoms. The molecule has 0 unspecified atom stereocenters. The third-order valence-electron chi connectivity index (χ3n) is 3.23. The fourth-order valence-corrected chi connectivity index (χ4v) is 1.65. The van der Waals surface area contributed by atoms with Crippen molar-refractivity contribution in [2.45, 2.75) is 33.7 Å². The minimum absolute atomic E-state index is 0.0475. The van der Waals surface area contributed by atoms with Gasteiger partial charge in [0, 0.05) is 30.6 Å². The fourth-order valence-electron chi connectivity index (χ4n) is 1.65. The average molecular weight is 255 g/mol. The molecular formula is C14H19F2NO. The van der Waals surface area contributed by atoms with Gasteiger partial charge in [0.15, 0.2) is 0 Å². The van der Waals surface area contributed by atoms with Crippen LogP contribution in [0.2, 0.25) is 0 Å². The summed E-state index contributed by atoms with van der Waals surface area (Å²) < 4.78 is 26.2. The molecule has 2 nitrogen and oxygen atoms in total. The molecule has 100 valence electrons. The van der Waals surface area contributed by atoms with Crippen LogP contribution < -0.4 is 0 Å². The monoisotopic (exact) mass is 255 g/mol. The van der Waals surface area contributed by atoms with Gasteiger partial charge in [0.05, 0.1) is 0 Å². The van der Waals surface area contributed by atoms with E-state index in [-0.39, 0.29) is 12.5 Å². The zero-order valence-corrected chi connectivity index (χ0v) is 11.3. The number of hydrogen-bond donors (Lipinski definition) is 0. The maximum atomic E-state index is 13.5. The van der Waals surface area contributed by atoms with Gasteiger partial charge in [0.25, 0.3) is 0 Å². The van der Waals surface area contributed by atoms with Gasteiger partial charge >= 0.3 is 0 Å². The predicted molar refractivity (Wildman–Crippen MR) is 66.9 cm³/mol. The van der Waals surface area contributed by atoms with Gasteiger partial charge in [-0.25, -0.2) is 8.78 Å². The van der Waals surface area contributed by atoms with Crippen LogP contribution in [0.25, 0.3) is 0 Å².